The van der Waals surface area contributed by atoms with Gasteiger partial charge in [-0.2, -0.15) is 0 Å². The SMILES string of the molecule is Cc1ccccc1OC(=O)c1ccccc1C(N)=O. The number of para-hydroxylation sites is 1. The van der Waals surface area contributed by atoms with Crippen molar-refractivity contribution < 1.29 is 14.3 Å². The van der Waals surface area contributed by atoms with Crippen molar-refractivity contribution >= 4 is 11.9 Å². The van der Waals surface area contributed by atoms with Crippen molar-refractivity contribution in [3.05, 3.63) is 65.2 Å². The lowest BCUT2D eigenvalue weighted by Gasteiger charge is -2.08. The highest BCUT2D eigenvalue weighted by atomic mass is 16.5. The monoisotopic (exact) mass is 255 g/mol. The molecule has 0 unspecified atom stereocenters. The topological polar surface area (TPSA) is 69.4 Å². The van der Waals surface area contributed by atoms with Gasteiger partial charge in [0.1, 0.15) is 5.75 Å². The third kappa shape index (κ3) is 2.80. The first kappa shape index (κ1) is 12.8. The fourth-order valence-corrected chi connectivity index (χ4v) is 1.70. The van der Waals surface area contributed by atoms with Crippen molar-refractivity contribution in [3.8, 4) is 5.75 Å². The minimum Gasteiger partial charge on any atom is -0.423 e. The maximum atomic E-state index is 12.1. The number of carbonyl (C=O) groups excluding carboxylic acids is 2. The number of esters is 1. The van der Waals surface area contributed by atoms with Crippen LogP contribution >= 0.6 is 0 Å². The number of benzene rings is 2. The van der Waals surface area contributed by atoms with Crippen molar-refractivity contribution in [2.24, 2.45) is 5.73 Å². The van der Waals surface area contributed by atoms with E-state index in [1.165, 1.54) is 12.1 Å². The van der Waals surface area contributed by atoms with Gasteiger partial charge in [0.05, 0.1) is 11.1 Å². The zero-order valence-corrected chi connectivity index (χ0v) is 10.4. The van der Waals surface area contributed by atoms with Gasteiger partial charge in [0.2, 0.25) is 5.91 Å². The molecule has 0 fully saturated rings. The maximum Gasteiger partial charge on any atom is 0.344 e. The number of aryl methyl sites for hydroxylation is 1. The largest absolute Gasteiger partial charge is 0.423 e. The molecule has 0 heterocycles. The Morgan fingerprint density at radius 3 is 2.16 bits per heavy atom. The first-order valence-corrected chi connectivity index (χ1v) is 5.76. The van der Waals surface area contributed by atoms with Gasteiger partial charge in [-0.15, -0.1) is 0 Å². The van der Waals surface area contributed by atoms with Crippen LogP contribution in [0, 0.1) is 6.92 Å². The van der Waals surface area contributed by atoms with E-state index in [2.05, 4.69) is 0 Å². The van der Waals surface area contributed by atoms with Crippen LogP contribution in [-0.4, -0.2) is 11.9 Å². The molecule has 0 spiro atoms. The Hall–Kier alpha value is -2.62. The predicted molar refractivity (Wildman–Crippen MR) is 71.1 cm³/mol. The van der Waals surface area contributed by atoms with E-state index in [0.717, 1.165) is 5.56 Å². The van der Waals surface area contributed by atoms with Gasteiger partial charge in [0.15, 0.2) is 0 Å². The summed E-state index contributed by atoms with van der Waals surface area (Å²) >= 11 is 0. The Balaban J connectivity index is 2.31. The fourth-order valence-electron chi connectivity index (χ4n) is 1.70. The highest BCUT2D eigenvalue weighted by Crippen LogP contribution is 2.19. The Bertz CT molecular complexity index is 635. The molecule has 96 valence electrons. The third-order valence-corrected chi connectivity index (χ3v) is 2.71. The molecule has 0 aliphatic carbocycles. The minimum absolute atomic E-state index is 0.154. The summed E-state index contributed by atoms with van der Waals surface area (Å²) in [6.45, 7) is 1.84. The van der Waals surface area contributed by atoms with Crippen molar-refractivity contribution in [1.82, 2.24) is 0 Å². The van der Waals surface area contributed by atoms with Crippen molar-refractivity contribution in [2.45, 2.75) is 6.92 Å². The lowest BCUT2D eigenvalue weighted by atomic mass is 10.1. The zero-order valence-electron chi connectivity index (χ0n) is 10.4. The number of ether oxygens (including phenoxy) is 1. The molecule has 2 rings (SSSR count). The second kappa shape index (κ2) is 5.35. The molecule has 2 N–H and O–H groups in total. The fraction of sp³-hybridized carbons (Fsp3) is 0.0667. The van der Waals surface area contributed by atoms with Crippen LogP contribution in [-0.2, 0) is 0 Å². The first-order chi connectivity index (χ1) is 9.09. The second-order valence-corrected chi connectivity index (χ2v) is 4.06. The summed E-state index contributed by atoms with van der Waals surface area (Å²) < 4.78 is 5.28. The van der Waals surface area contributed by atoms with E-state index in [1.807, 2.05) is 19.1 Å². The Kier molecular flexibility index (Phi) is 3.61. The normalized spacial score (nSPS) is 9.95. The molecule has 0 bridgehead atoms. The lowest BCUT2D eigenvalue weighted by Crippen LogP contribution is -2.19. The van der Waals surface area contributed by atoms with E-state index in [0.29, 0.717) is 5.75 Å². The number of hydrogen-bond donors (Lipinski definition) is 1. The summed E-state index contributed by atoms with van der Waals surface area (Å²) in [6.07, 6.45) is 0. The van der Waals surface area contributed by atoms with Crippen molar-refractivity contribution in [3.63, 3.8) is 0 Å². The highest BCUT2D eigenvalue weighted by Gasteiger charge is 2.16. The molecule has 0 atom stereocenters. The minimum atomic E-state index is -0.655. The van der Waals surface area contributed by atoms with Crippen LogP contribution in [0.3, 0.4) is 0 Å². The van der Waals surface area contributed by atoms with E-state index in [4.69, 9.17) is 10.5 Å². The Labute approximate surface area is 110 Å². The molecule has 4 nitrogen and oxygen atoms in total. The number of carbonyl (C=O) groups is 2. The molecular weight excluding hydrogens is 242 g/mol. The van der Waals surface area contributed by atoms with E-state index in [-0.39, 0.29) is 11.1 Å². The Morgan fingerprint density at radius 1 is 0.947 bits per heavy atom. The summed E-state index contributed by atoms with van der Waals surface area (Å²) in [5, 5.41) is 0. The summed E-state index contributed by atoms with van der Waals surface area (Å²) in [5.41, 5.74) is 6.39. The molecule has 4 heteroatoms. The van der Waals surface area contributed by atoms with Crippen LogP contribution in [0.25, 0.3) is 0 Å². The summed E-state index contributed by atoms with van der Waals surface area (Å²) in [7, 11) is 0. The molecule has 0 aliphatic heterocycles. The van der Waals surface area contributed by atoms with E-state index in [1.54, 1.807) is 24.3 Å². The van der Waals surface area contributed by atoms with Crippen LogP contribution in [0.15, 0.2) is 48.5 Å². The molecule has 0 aromatic heterocycles. The number of primary amides is 1. The van der Waals surface area contributed by atoms with Gasteiger partial charge >= 0.3 is 5.97 Å². The lowest BCUT2D eigenvalue weighted by molar-refractivity contribution is 0.0728. The zero-order chi connectivity index (χ0) is 13.8. The second-order valence-electron chi connectivity index (χ2n) is 4.06. The van der Waals surface area contributed by atoms with Gasteiger partial charge in [-0.1, -0.05) is 30.3 Å². The average Bonchev–Trinajstić information content (AvgIpc) is 2.41. The Morgan fingerprint density at radius 2 is 1.53 bits per heavy atom. The van der Waals surface area contributed by atoms with E-state index in [9.17, 15) is 9.59 Å². The van der Waals surface area contributed by atoms with Gasteiger partial charge in [0.25, 0.3) is 0 Å². The number of hydrogen-bond acceptors (Lipinski definition) is 3. The van der Waals surface area contributed by atoms with Gasteiger partial charge in [0, 0.05) is 0 Å². The van der Waals surface area contributed by atoms with Crippen LogP contribution in [0.2, 0.25) is 0 Å². The molecule has 1 amide bonds. The van der Waals surface area contributed by atoms with Gasteiger partial charge in [-0.05, 0) is 30.7 Å². The van der Waals surface area contributed by atoms with Gasteiger partial charge < -0.3 is 10.5 Å². The third-order valence-electron chi connectivity index (χ3n) is 2.71. The van der Waals surface area contributed by atoms with Crippen LogP contribution < -0.4 is 10.5 Å². The van der Waals surface area contributed by atoms with Gasteiger partial charge in [-0.25, -0.2) is 4.79 Å². The van der Waals surface area contributed by atoms with Crippen molar-refractivity contribution in [2.75, 3.05) is 0 Å². The summed E-state index contributed by atoms with van der Waals surface area (Å²) in [5.74, 6) is -0.784. The summed E-state index contributed by atoms with van der Waals surface area (Å²) in [6, 6.07) is 13.5. The average molecular weight is 255 g/mol. The van der Waals surface area contributed by atoms with E-state index >= 15 is 0 Å². The molecular formula is C15H13NO3. The molecule has 0 aliphatic rings. The standard InChI is InChI=1S/C15H13NO3/c1-10-6-2-5-9-13(10)19-15(18)12-8-4-3-7-11(12)14(16)17/h2-9H,1H3,(H2,16,17). The molecule has 2 aromatic rings. The molecule has 19 heavy (non-hydrogen) atoms. The molecule has 2 aromatic carbocycles. The maximum absolute atomic E-state index is 12.1. The highest BCUT2D eigenvalue weighted by molar-refractivity contribution is 6.05. The quantitative estimate of drug-likeness (QED) is 0.676. The number of nitrogens with two attached hydrogens (primary N) is 1. The van der Waals surface area contributed by atoms with E-state index < -0.39 is 11.9 Å². The van der Waals surface area contributed by atoms with Crippen LogP contribution in [0.5, 0.6) is 5.75 Å². The number of amides is 1. The first-order valence-electron chi connectivity index (χ1n) is 5.76. The van der Waals surface area contributed by atoms with Crippen LogP contribution in [0.1, 0.15) is 26.3 Å². The molecule has 0 saturated heterocycles. The van der Waals surface area contributed by atoms with Crippen LogP contribution in [0.4, 0.5) is 0 Å². The molecule has 0 saturated carbocycles. The van der Waals surface area contributed by atoms with Crippen molar-refractivity contribution in [1.29, 1.82) is 0 Å². The molecule has 0 radical (unpaired) electrons. The smallest absolute Gasteiger partial charge is 0.344 e. The van der Waals surface area contributed by atoms with Gasteiger partial charge in [-0.3, -0.25) is 4.79 Å². The summed E-state index contributed by atoms with van der Waals surface area (Å²) in [4.78, 5) is 23.3. The number of rotatable bonds is 3. The predicted octanol–water partition coefficient (Wildman–Crippen LogP) is 2.31.